The van der Waals surface area contributed by atoms with Crippen LogP contribution in [0.15, 0.2) is 6.20 Å². The molecule has 0 aliphatic carbocycles. The van der Waals surface area contributed by atoms with E-state index in [1.54, 1.807) is 13.1 Å². The fourth-order valence-corrected chi connectivity index (χ4v) is 2.10. The predicted molar refractivity (Wildman–Crippen MR) is 63.7 cm³/mol. The third-order valence-corrected chi connectivity index (χ3v) is 3.04. The number of anilines is 1. The minimum atomic E-state index is 0.166. The summed E-state index contributed by atoms with van der Waals surface area (Å²) in [6.45, 7) is 3.46. The van der Waals surface area contributed by atoms with Crippen LogP contribution in [-0.2, 0) is 4.79 Å². The molecule has 0 aromatic carbocycles. The van der Waals surface area contributed by atoms with E-state index < -0.39 is 0 Å². The van der Waals surface area contributed by atoms with E-state index in [2.05, 4.69) is 4.98 Å². The van der Waals surface area contributed by atoms with Crippen molar-refractivity contribution in [1.82, 2.24) is 4.98 Å². The highest BCUT2D eigenvalue weighted by Gasteiger charge is 2.10. The van der Waals surface area contributed by atoms with Crippen LogP contribution in [0.5, 0.6) is 0 Å². The van der Waals surface area contributed by atoms with Gasteiger partial charge in [0.15, 0.2) is 5.13 Å². The van der Waals surface area contributed by atoms with Crippen LogP contribution in [0, 0.1) is 0 Å². The molecular formula is C9H14ClN3OS. The van der Waals surface area contributed by atoms with Crippen molar-refractivity contribution in [2.24, 2.45) is 5.73 Å². The van der Waals surface area contributed by atoms with Crippen LogP contribution < -0.4 is 10.6 Å². The van der Waals surface area contributed by atoms with Gasteiger partial charge in [-0.15, -0.1) is 0 Å². The molecule has 0 spiro atoms. The zero-order valence-electron chi connectivity index (χ0n) is 8.57. The molecule has 0 unspecified atom stereocenters. The summed E-state index contributed by atoms with van der Waals surface area (Å²) >= 11 is 7.20. The largest absolute Gasteiger partial charge is 0.346 e. The van der Waals surface area contributed by atoms with E-state index >= 15 is 0 Å². The fourth-order valence-electron chi connectivity index (χ4n) is 1.14. The number of Topliss-reactive ketones (excluding diaryl/α,β-unsaturated/α-hetero) is 1. The summed E-state index contributed by atoms with van der Waals surface area (Å²) in [5, 5.41) is 0.826. The molecule has 0 atom stereocenters. The Labute approximate surface area is 98.0 Å². The number of carbonyl (C=O) groups is 1. The van der Waals surface area contributed by atoms with E-state index in [-0.39, 0.29) is 5.78 Å². The summed E-state index contributed by atoms with van der Waals surface area (Å²) < 4.78 is 0.648. The van der Waals surface area contributed by atoms with Crippen molar-refractivity contribution in [3.63, 3.8) is 0 Å². The highest BCUT2D eigenvalue weighted by molar-refractivity contribution is 7.19. The maximum Gasteiger partial charge on any atom is 0.186 e. The molecule has 1 aromatic rings. The van der Waals surface area contributed by atoms with Gasteiger partial charge in [0.05, 0.1) is 6.20 Å². The van der Waals surface area contributed by atoms with Crippen LogP contribution in [0.2, 0.25) is 4.34 Å². The predicted octanol–water partition coefficient (Wildman–Crippen LogP) is 1.54. The van der Waals surface area contributed by atoms with Gasteiger partial charge in [-0.1, -0.05) is 22.9 Å². The van der Waals surface area contributed by atoms with Gasteiger partial charge in [-0.05, 0) is 6.92 Å². The zero-order valence-corrected chi connectivity index (χ0v) is 10.1. The number of nitrogens with two attached hydrogens (primary N) is 1. The Balaban J connectivity index is 2.60. The molecule has 0 saturated heterocycles. The van der Waals surface area contributed by atoms with Crippen molar-refractivity contribution in [1.29, 1.82) is 0 Å². The topological polar surface area (TPSA) is 59.2 Å². The van der Waals surface area contributed by atoms with E-state index in [4.69, 9.17) is 17.3 Å². The second-order valence-electron chi connectivity index (χ2n) is 3.17. The summed E-state index contributed by atoms with van der Waals surface area (Å²) in [4.78, 5) is 17.0. The number of aromatic nitrogens is 1. The monoisotopic (exact) mass is 247 g/mol. The van der Waals surface area contributed by atoms with E-state index in [1.165, 1.54) is 11.3 Å². The Morgan fingerprint density at radius 3 is 2.87 bits per heavy atom. The molecule has 1 aromatic heterocycles. The van der Waals surface area contributed by atoms with E-state index in [0.29, 0.717) is 30.4 Å². The maximum absolute atomic E-state index is 10.9. The minimum Gasteiger partial charge on any atom is -0.346 e. The number of thiazole rings is 1. The lowest BCUT2D eigenvalue weighted by molar-refractivity contribution is -0.116. The number of hydrogen-bond acceptors (Lipinski definition) is 5. The van der Waals surface area contributed by atoms with Crippen LogP contribution in [0.3, 0.4) is 0 Å². The smallest absolute Gasteiger partial charge is 0.186 e. The van der Waals surface area contributed by atoms with Gasteiger partial charge in [0.25, 0.3) is 0 Å². The molecule has 4 nitrogen and oxygen atoms in total. The zero-order chi connectivity index (χ0) is 11.3. The lowest BCUT2D eigenvalue weighted by Gasteiger charge is -2.19. The number of ketones is 1. The highest BCUT2D eigenvalue weighted by Crippen LogP contribution is 2.25. The molecule has 1 heterocycles. The summed E-state index contributed by atoms with van der Waals surface area (Å²) in [5.41, 5.74) is 5.50. The summed E-state index contributed by atoms with van der Waals surface area (Å²) in [7, 11) is 0. The SMILES string of the molecule is CC(=O)CCN(CCN)c1ncc(Cl)s1. The molecular weight excluding hydrogens is 234 g/mol. The standard InChI is InChI=1S/C9H14ClN3OS/c1-7(14)2-4-13(5-3-11)9-12-6-8(10)15-9/h6H,2-5,11H2,1H3. The van der Waals surface area contributed by atoms with Crippen molar-refractivity contribution in [2.75, 3.05) is 24.5 Å². The molecule has 6 heteroatoms. The lowest BCUT2D eigenvalue weighted by atomic mass is 10.3. The molecule has 0 bridgehead atoms. The molecule has 0 aliphatic heterocycles. The second kappa shape index (κ2) is 6.05. The number of carbonyl (C=O) groups excluding carboxylic acids is 1. The molecule has 0 aliphatic rings. The Morgan fingerprint density at radius 1 is 1.67 bits per heavy atom. The average molecular weight is 248 g/mol. The Hall–Kier alpha value is -0.650. The minimum absolute atomic E-state index is 0.166. The van der Waals surface area contributed by atoms with Crippen molar-refractivity contribution in [3.05, 3.63) is 10.5 Å². The molecule has 0 saturated carbocycles. The molecule has 0 radical (unpaired) electrons. The molecule has 2 N–H and O–H groups in total. The first-order valence-electron chi connectivity index (χ1n) is 4.69. The van der Waals surface area contributed by atoms with Crippen LogP contribution in [0.1, 0.15) is 13.3 Å². The quantitative estimate of drug-likeness (QED) is 0.829. The van der Waals surface area contributed by atoms with Crippen molar-refractivity contribution < 1.29 is 4.79 Å². The average Bonchev–Trinajstić information content (AvgIpc) is 2.59. The van der Waals surface area contributed by atoms with Gasteiger partial charge in [0.1, 0.15) is 10.1 Å². The normalized spacial score (nSPS) is 10.3. The first kappa shape index (κ1) is 12.4. The Morgan fingerprint density at radius 2 is 2.40 bits per heavy atom. The maximum atomic E-state index is 10.9. The van der Waals surface area contributed by atoms with Crippen LogP contribution in [-0.4, -0.2) is 30.4 Å². The van der Waals surface area contributed by atoms with Crippen LogP contribution in [0.4, 0.5) is 5.13 Å². The molecule has 1 rings (SSSR count). The van der Waals surface area contributed by atoms with Crippen molar-refractivity contribution in [2.45, 2.75) is 13.3 Å². The summed E-state index contributed by atoms with van der Waals surface area (Å²) in [6.07, 6.45) is 2.12. The van der Waals surface area contributed by atoms with Gasteiger partial charge in [0.2, 0.25) is 0 Å². The van der Waals surface area contributed by atoms with Gasteiger partial charge in [-0.25, -0.2) is 4.98 Å². The number of halogens is 1. The van der Waals surface area contributed by atoms with Crippen molar-refractivity contribution in [3.8, 4) is 0 Å². The highest BCUT2D eigenvalue weighted by atomic mass is 35.5. The first-order valence-corrected chi connectivity index (χ1v) is 5.88. The Bertz CT molecular complexity index is 329. The molecule has 0 fully saturated rings. The van der Waals surface area contributed by atoms with E-state index in [0.717, 1.165) is 5.13 Å². The van der Waals surface area contributed by atoms with Gasteiger partial charge in [0, 0.05) is 26.1 Å². The van der Waals surface area contributed by atoms with Crippen LogP contribution in [0.25, 0.3) is 0 Å². The molecule has 84 valence electrons. The van der Waals surface area contributed by atoms with Crippen molar-refractivity contribution >= 4 is 33.9 Å². The van der Waals surface area contributed by atoms with Crippen LogP contribution >= 0.6 is 22.9 Å². The number of hydrogen-bond donors (Lipinski definition) is 1. The van der Waals surface area contributed by atoms with Gasteiger partial charge in [-0.3, -0.25) is 4.79 Å². The summed E-state index contributed by atoms with van der Waals surface area (Å²) in [6, 6.07) is 0. The van der Waals surface area contributed by atoms with E-state index in [9.17, 15) is 4.79 Å². The third kappa shape index (κ3) is 4.15. The summed E-state index contributed by atoms with van der Waals surface area (Å²) in [5.74, 6) is 0.166. The molecule has 15 heavy (non-hydrogen) atoms. The van der Waals surface area contributed by atoms with Gasteiger partial charge < -0.3 is 10.6 Å². The Kier molecular flexibility index (Phi) is 5.01. The number of nitrogens with zero attached hydrogens (tertiary/aromatic N) is 2. The van der Waals surface area contributed by atoms with Gasteiger partial charge in [-0.2, -0.15) is 0 Å². The van der Waals surface area contributed by atoms with E-state index in [1.807, 2.05) is 4.90 Å². The number of rotatable bonds is 6. The fraction of sp³-hybridized carbons (Fsp3) is 0.556. The molecule has 0 amide bonds. The second-order valence-corrected chi connectivity index (χ2v) is 4.82. The van der Waals surface area contributed by atoms with Gasteiger partial charge >= 0.3 is 0 Å². The lowest BCUT2D eigenvalue weighted by Crippen LogP contribution is -2.31. The first-order chi connectivity index (χ1) is 7.13. The third-order valence-electron chi connectivity index (χ3n) is 1.87.